The van der Waals surface area contributed by atoms with Gasteiger partial charge in [-0.3, -0.25) is 0 Å². The minimum atomic E-state index is -1.32. The van der Waals surface area contributed by atoms with Gasteiger partial charge in [-0.05, 0) is 0 Å². The highest BCUT2D eigenvalue weighted by Crippen LogP contribution is 1.85. The summed E-state index contributed by atoms with van der Waals surface area (Å²) in [6.07, 6.45) is -1.53. The van der Waals surface area contributed by atoms with Gasteiger partial charge in [0.25, 0.3) is 0 Å². The fraction of sp³-hybridized carbons (Fsp3) is 0. The fourth-order valence-electron chi connectivity index (χ4n) is 0.402. The molecule has 0 spiro atoms. The Bertz CT molecular complexity index is 277. The summed E-state index contributed by atoms with van der Waals surface area (Å²) in [7, 11) is 0. The Morgan fingerprint density at radius 2 is 1.07 bits per heavy atom. The number of carbonyl (C=O) groups is 4. The van der Waals surface area contributed by atoms with Gasteiger partial charge in [0.2, 0.25) is 0 Å². The topological polar surface area (TPSA) is 139 Å². The molecule has 0 rings (SSSR count). The van der Waals surface area contributed by atoms with E-state index in [1.54, 1.807) is 0 Å². The quantitative estimate of drug-likeness (QED) is 0.327. The molecule has 0 bridgehead atoms. The molecular weight excluding hydrogens is 196 g/mol. The van der Waals surface area contributed by atoms with Gasteiger partial charge in [-0.25, -0.2) is 19.2 Å². The van der Waals surface area contributed by atoms with E-state index in [0.29, 0.717) is 12.2 Å². The van der Waals surface area contributed by atoms with E-state index in [2.05, 4.69) is 20.9 Å². The number of carbonyl (C=O) groups excluding carboxylic acids is 4. The highest BCUT2D eigenvalue weighted by atomic mass is 16.6. The number of esters is 2. The maximum Gasteiger partial charge on any atom is 0.412 e. The Balaban J connectivity index is 4.04. The van der Waals surface area contributed by atoms with Crippen molar-refractivity contribution in [1.82, 2.24) is 0 Å². The summed E-state index contributed by atoms with van der Waals surface area (Å²) in [5.74, 6) is -2.34. The van der Waals surface area contributed by atoms with E-state index in [1.807, 2.05) is 0 Å². The summed E-state index contributed by atoms with van der Waals surface area (Å²) in [5, 5.41) is 0. The van der Waals surface area contributed by atoms with Crippen molar-refractivity contribution < 1.29 is 28.7 Å². The van der Waals surface area contributed by atoms with Crippen molar-refractivity contribution in [3.8, 4) is 0 Å². The average molecular weight is 202 g/mol. The molecule has 0 aromatic rings. The number of hydrogen-bond acceptors (Lipinski definition) is 6. The Morgan fingerprint density at radius 3 is 1.29 bits per heavy atom. The van der Waals surface area contributed by atoms with Crippen molar-refractivity contribution in [3.05, 3.63) is 12.2 Å². The molecule has 8 heteroatoms. The van der Waals surface area contributed by atoms with Gasteiger partial charge in [-0.2, -0.15) is 0 Å². The van der Waals surface area contributed by atoms with Crippen LogP contribution in [0.2, 0.25) is 0 Å². The standard InChI is InChI=1S/C6H6N2O6/c7-5(11)13-3(9)1-2-4(10)14-6(8)12/h1-2H,(H2,7,11)(H2,8,12)/b2-1-. The third-order valence-corrected chi connectivity index (χ3v) is 0.758. The van der Waals surface area contributed by atoms with Crippen LogP contribution in [-0.2, 0) is 19.1 Å². The Morgan fingerprint density at radius 1 is 0.786 bits per heavy atom. The molecule has 4 N–H and O–H groups in total. The largest absolute Gasteiger partial charge is 0.412 e. The molecule has 0 aliphatic heterocycles. The van der Waals surface area contributed by atoms with Crippen molar-refractivity contribution in [2.45, 2.75) is 0 Å². The molecule has 8 nitrogen and oxygen atoms in total. The maximum absolute atomic E-state index is 10.5. The lowest BCUT2D eigenvalue weighted by Gasteiger charge is -1.93. The molecular formula is C6H6N2O6. The third-order valence-electron chi connectivity index (χ3n) is 0.758. The fourth-order valence-corrected chi connectivity index (χ4v) is 0.402. The van der Waals surface area contributed by atoms with Crippen LogP contribution in [0.3, 0.4) is 0 Å². The van der Waals surface area contributed by atoms with Crippen LogP contribution in [0.4, 0.5) is 9.59 Å². The van der Waals surface area contributed by atoms with E-state index in [0.717, 1.165) is 0 Å². The van der Waals surface area contributed by atoms with Crippen LogP contribution in [0.25, 0.3) is 0 Å². The monoisotopic (exact) mass is 202 g/mol. The average Bonchev–Trinajstić information content (AvgIpc) is 1.98. The summed E-state index contributed by atoms with van der Waals surface area (Å²) in [5.41, 5.74) is 8.95. The molecule has 0 aromatic heterocycles. The molecule has 0 saturated carbocycles. The van der Waals surface area contributed by atoms with Crippen LogP contribution in [0.1, 0.15) is 0 Å². The molecule has 14 heavy (non-hydrogen) atoms. The van der Waals surface area contributed by atoms with Crippen molar-refractivity contribution in [1.29, 1.82) is 0 Å². The molecule has 0 radical (unpaired) electrons. The molecule has 0 unspecified atom stereocenters. The van der Waals surface area contributed by atoms with Gasteiger partial charge in [0.15, 0.2) is 0 Å². The van der Waals surface area contributed by atoms with Gasteiger partial charge >= 0.3 is 24.1 Å². The van der Waals surface area contributed by atoms with E-state index in [1.165, 1.54) is 0 Å². The molecule has 0 aliphatic carbocycles. The van der Waals surface area contributed by atoms with Crippen molar-refractivity contribution >= 4 is 24.1 Å². The Labute approximate surface area is 77.4 Å². The zero-order valence-corrected chi connectivity index (χ0v) is 6.76. The molecule has 0 aliphatic rings. The SMILES string of the molecule is NC(=O)OC(=O)/C=C\C(=O)OC(N)=O. The van der Waals surface area contributed by atoms with Crippen LogP contribution < -0.4 is 11.5 Å². The van der Waals surface area contributed by atoms with E-state index >= 15 is 0 Å². The lowest BCUT2D eigenvalue weighted by molar-refractivity contribution is -0.134. The maximum atomic E-state index is 10.5. The first-order valence-corrected chi connectivity index (χ1v) is 3.12. The van der Waals surface area contributed by atoms with Gasteiger partial charge < -0.3 is 20.9 Å². The van der Waals surface area contributed by atoms with Gasteiger partial charge in [-0.1, -0.05) is 0 Å². The Hall–Kier alpha value is -2.38. The minimum Gasteiger partial charge on any atom is -0.373 e. The van der Waals surface area contributed by atoms with Crippen molar-refractivity contribution in [3.63, 3.8) is 0 Å². The second-order valence-electron chi connectivity index (χ2n) is 1.81. The first-order chi connectivity index (χ1) is 6.41. The minimum absolute atomic E-state index is 0.552. The molecule has 76 valence electrons. The number of primary amides is 2. The predicted molar refractivity (Wildman–Crippen MR) is 40.5 cm³/mol. The highest BCUT2D eigenvalue weighted by Gasteiger charge is 2.05. The molecule has 0 fully saturated rings. The van der Waals surface area contributed by atoms with Crippen LogP contribution in [0.5, 0.6) is 0 Å². The first-order valence-electron chi connectivity index (χ1n) is 3.12. The number of hydrogen-bond donors (Lipinski definition) is 2. The second kappa shape index (κ2) is 5.30. The molecule has 0 atom stereocenters. The van der Waals surface area contributed by atoms with Gasteiger partial charge in [0.05, 0.1) is 0 Å². The third kappa shape index (κ3) is 6.34. The van der Waals surface area contributed by atoms with E-state index < -0.39 is 24.1 Å². The van der Waals surface area contributed by atoms with Crippen LogP contribution in [-0.4, -0.2) is 24.1 Å². The summed E-state index contributed by atoms with van der Waals surface area (Å²) in [6, 6.07) is 0. The lowest BCUT2D eigenvalue weighted by Crippen LogP contribution is -2.18. The van der Waals surface area contributed by atoms with Crippen LogP contribution >= 0.6 is 0 Å². The second-order valence-corrected chi connectivity index (χ2v) is 1.81. The zero-order valence-electron chi connectivity index (χ0n) is 6.76. The van der Waals surface area contributed by atoms with Gasteiger partial charge in [-0.15, -0.1) is 0 Å². The Kier molecular flexibility index (Phi) is 4.40. The van der Waals surface area contributed by atoms with E-state index in [4.69, 9.17) is 0 Å². The molecule has 0 saturated heterocycles. The van der Waals surface area contributed by atoms with E-state index in [9.17, 15) is 19.2 Å². The highest BCUT2D eigenvalue weighted by molar-refractivity contribution is 5.98. The van der Waals surface area contributed by atoms with Crippen LogP contribution in [0.15, 0.2) is 12.2 Å². The van der Waals surface area contributed by atoms with Gasteiger partial charge in [0.1, 0.15) is 0 Å². The smallest absolute Gasteiger partial charge is 0.373 e. The van der Waals surface area contributed by atoms with Crippen molar-refractivity contribution in [2.24, 2.45) is 11.5 Å². The molecule has 0 heterocycles. The van der Waals surface area contributed by atoms with Crippen LogP contribution in [0, 0.1) is 0 Å². The summed E-state index contributed by atoms with van der Waals surface area (Å²) in [6.45, 7) is 0. The zero-order chi connectivity index (χ0) is 11.1. The molecule has 0 aromatic carbocycles. The first kappa shape index (κ1) is 11.6. The lowest BCUT2D eigenvalue weighted by atomic mass is 10.5. The normalized spacial score (nSPS) is 9.43. The summed E-state index contributed by atoms with van der Waals surface area (Å²) < 4.78 is 7.59. The van der Waals surface area contributed by atoms with Crippen molar-refractivity contribution in [2.75, 3.05) is 0 Å². The number of rotatable bonds is 2. The summed E-state index contributed by atoms with van der Waals surface area (Å²) >= 11 is 0. The molecule has 2 amide bonds. The van der Waals surface area contributed by atoms with Gasteiger partial charge in [0, 0.05) is 12.2 Å². The number of amides is 2. The predicted octanol–water partition coefficient (Wildman–Crippen LogP) is -1.21. The summed E-state index contributed by atoms with van der Waals surface area (Å²) in [4.78, 5) is 41.0. The number of ether oxygens (including phenoxy) is 2. The number of nitrogens with two attached hydrogens (primary N) is 2. The van der Waals surface area contributed by atoms with E-state index in [-0.39, 0.29) is 0 Å².